The van der Waals surface area contributed by atoms with Crippen molar-refractivity contribution >= 4 is 5.78 Å². The van der Waals surface area contributed by atoms with Gasteiger partial charge in [-0.3, -0.25) is 4.79 Å². The number of hydrogen-bond donors (Lipinski definition) is 1. The zero-order valence-electron chi connectivity index (χ0n) is 13.6. The quantitative estimate of drug-likeness (QED) is 0.690. The van der Waals surface area contributed by atoms with E-state index in [0.29, 0.717) is 17.8 Å². The summed E-state index contributed by atoms with van der Waals surface area (Å²) >= 11 is 0. The summed E-state index contributed by atoms with van der Waals surface area (Å²) in [6, 6.07) is 0. The van der Waals surface area contributed by atoms with Crippen LogP contribution in [-0.2, 0) is 4.79 Å². The normalized spacial score (nSPS) is 50.2. The van der Waals surface area contributed by atoms with E-state index in [4.69, 9.17) is 0 Å². The van der Waals surface area contributed by atoms with E-state index >= 15 is 0 Å². The van der Waals surface area contributed by atoms with Crippen molar-refractivity contribution in [2.45, 2.75) is 52.1 Å². The van der Waals surface area contributed by atoms with E-state index in [-0.39, 0.29) is 22.7 Å². The van der Waals surface area contributed by atoms with Gasteiger partial charge in [0.2, 0.25) is 0 Å². The van der Waals surface area contributed by atoms with E-state index in [1.807, 2.05) is 6.08 Å². The Morgan fingerprint density at radius 3 is 2.77 bits per heavy atom. The molecule has 0 amide bonds. The maximum absolute atomic E-state index is 12.0. The molecular formula is C20H26O2. The second-order valence-electron chi connectivity index (χ2n) is 8.45. The third-order valence-electron chi connectivity index (χ3n) is 7.47. The lowest BCUT2D eigenvalue weighted by Gasteiger charge is -2.55. The molecule has 0 aromatic rings. The van der Waals surface area contributed by atoms with Crippen LogP contribution in [-0.4, -0.2) is 17.0 Å². The highest BCUT2D eigenvalue weighted by Gasteiger charge is 2.57. The number of rotatable bonds is 0. The van der Waals surface area contributed by atoms with Crippen molar-refractivity contribution in [3.8, 4) is 0 Å². The Balaban J connectivity index is 1.77. The Morgan fingerprint density at radius 1 is 1.23 bits per heavy atom. The molecule has 6 atom stereocenters. The van der Waals surface area contributed by atoms with E-state index < -0.39 is 0 Å². The van der Waals surface area contributed by atoms with Gasteiger partial charge in [0.05, 0.1) is 6.10 Å². The van der Waals surface area contributed by atoms with E-state index in [2.05, 4.69) is 32.6 Å². The van der Waals surface area contributed by atoms with Crippen LogP contribution in [0.1, 0.15) is 46.0 Å². The summed E-state index contributed by atoms with van der Waals surface area (Å²) in [6.07, 6.45) is 11.4. The monoisotopic (exact) mass is 298 g/mol. The topological polar surface area (TPSA) is 37.3 Å². The van der Waals surface area contributed by atoms with Gasteiger partial charge in [0, 0.05) is 5.41 Å². The van der Waals surface area contributed by atoms with Crippen LogP contribution < -0.4 is 0 Å². The van der Waals surface area contributed by atoms with Crippen LogP contribution in [0, 0.1) is 28.6 Å². The number of aliphatic hydroxyl groups is 1. The Hall–Kier alpha value is -1.15. The lowest BCUT2D eigenvalue weighted by Crippen LogP contribution is -2.49. The number of allylic oxidation sites excluding steroid dienone is 5. The van der Waals surface area contributed by atoms with Gasteiger partial charge in [-0.1, -0.05) is 32.6 Å². The molecule has 0 aromatic carbocycles. The highest BCUT2D eigenvalue weighted by atomic mass is 16.3. The van der Waals surface area contributed by atoms with Gasteiger partial charge in [-0.05, 0) is 72.5 Å². The number of carbonyl (C=O) groups excluding carboxylic acids is 1. The summed E-state index contributed by atoms with van der Waals surface area (Å²) < 4.78 is 0. The molecule has 2 nitrogen and oxygen atoms in total. The van der Waals surface area contributed by atoms with Crippen LogP contribution in [0.3, 0.4) is 0 Å². The average Bonchev–Trinajstić information content (AvgIpc) is 2.77. The smallest absolute Gasteiger partial charge is 0.181 e. The van der Waals surface area contributed by atoms with E-state index in [9.17, 15) is 9.90 Å². The van der Waals surface area contributed by atoms with Crippen molar-refractivity contribution in [1.82, 2.24) is 0 Å². The fraction of sp³-hybridized carbons (Fsp3) is 0.650. The first-order valence-corrected chi connectivity index (χ1v) is 8.67. The summed E-state index contributed by atoms with van der Waals surface area (Å²) in [6.45, 7) is 8.62. The summed E-state index contributed by atoms with van der Waals surface area (Å²) in [7, 11) is 0. The van der Waals surface area contributed by atoms with Gasteiger partial charge in [0.25, 0.3) is 0 Å². The molecule has 0 aromatic heterocycles. The molecule has 2 fully saturated rings. The SMILES string of the molecule is C=C1C[C@@]2(C)C(=CC1=O)C=C[C@H]1[C@@H]3CC[C@H](O)[C@@]3(C)CC[C@@H]12. The third kappa shape index (κ3) is 1.68. The molecule has 0 unspecified atom stereocenters. The molecule has 0 spiro atoms. The fourth-order valence-electron chi connectivity index (χ4n) is 6.02. The molecule has 118 valence electrons. The average molecular weight is 298 g/mol. The summed E-state index contributed by atoms with van der Waals surface area (Å²) in [5.41, 5.74) is 2.11. The first-order chi connectivity index (χ1) is 10.4. The van der Waals surface area contributed by atoms with Crippen molar-refractivity contribution in [2.75, 3.05) is 0 Å². The first-order valence-electron chi connectivity index (χ1n) is 8.67. The summed E-state index contributed by atoms with van der Waals surface area (Å²) in [4.78, 5) is 12.0. The van der Waals surface area contributed by atoms with Crippen LogP contribution in [0.2, 0.25) is 0 Å². The molecule has 4 rings (SSSR count). The number of ketones is 1. The lowest BCUT2D eigenvalue weighted by atomic mass is 9.49. The molecule has 1 N–H and O–H groups in total. The minimum atomic E-state index is -0.139. The second-order valence-corrected chi connectivity index (χ2v) is 8.45. The Kier molecular flexibility index (Phi) is 2.92. The van der Waals surface area contributed by atoms with E-state index in [0.717, 1.165) is 37.7 Å². The maximum Gasteiger partial charge on any atom is 0.181 e. The standard InChI is InChI=1S/C20H26O2/c1-12-11-20(3)13(10-17(12)21)4-5-14-15-6-7-18(22)19(15,2)9-8-16(14)20/h4-5,10,14-16,18,22H,1,6-9,11H2,2-3H3/t14-,15-,16-,18-,19-,20-/m0/s1. The number of aliphatic hydroxyl groups excluding tert-OH is 1. The van der Waals surface area contributed by atoms with Crippen molar-refractivity contribution in [1.29, 1.82) is 0 Å². The lowest BCUT2D eigenvalue weighted by molar-refractivity contribution is -0.112. The zero-order valence-corrected chi connectivity index (χ0v) is 13.6. The molecule has 4 aliphatic rings. The summed E-state index contributed by atoms with van der Waals surface area (Å²) in [5, 5.41) is 10.5. The van der Waals surface area contributed by atoms with Gasteiger partial charge in [-0.25, -0.2) is 0 Å². The van der Waals surface area contributed by atoms with Crippen molar-refractivity contribution in [2.24, 2.45) is 28.6 Å². The molecular weight excluding hydrogens is 272 g/mol. The van der Waals surface area contributed by atoms with E-state index in [1.54, 1.807) is 0 Å². The molecule has 0 bridgehead atoms. The molecule has 0 heterocycles. The fourth-order valence-corrected chi connectivity index (χ4v) is 6.02. The van der Waals surface area contributed by atoms with Gasteiger partial charge in [-0.15, -0.1) is 0 Å². The van der Waals surface area contributed by atoms with Crippen LogP contribution in [0.25, 0.3) is 0 Å². The maximum atomic E-state index is 12.0. The molecule has 2 saturated carbocycles. The van der Waals surface area contributed by atoms with Crippen LogP contribution >= 0.6 is 0 Å². The van der Waals surface area contributed by atoms with Crippen LogP contribution in [0.15, 0.2) is 36.0 Å². The predicted octanol–water partition coefficient (Wildman–Crippen LogP) is 3.82. The summed E-state index contributed by atoms with van der Waals surface area (Å²) in [5.74, 6) is 1.81. The molecule has 0 aliphatic heterocycles. The molecule has 4 aliphatic carbocycles. The Bertz CT molecular complexity index is 613. The van der Waals surface area contributed by atoms with Gasteiger partial charge in [-0.2, -0.15) is 0 Å². The van der Waals surface area contributed by atoms with Gasteiger partial charge in [0.1, 0.15) is 0 Å². The van der Waals surface area contributed by atoms with Crippen molar-refractivity contribution < 1.29 is 9.90 Å². The number of hydrogen-bond acceptors (Lipinski definition) is 2. The van der Waals surface area contributed by atoms with Gasteiger partial charge < -0.3 is 5.11 Å². The van der Waals surface area contributed by atoms with Crippen LogP contribution in [0.4, 0.5) is 0 Å². The predicted molar refractivity (Wildman–Crippen MR) is 87.1 cm³/mol. The number of carbonyl (C=O) groups is 1. The molecule has 0 saturated heterocycles. The first kappa shape index (κ1) is 14.4. The third-order valence-corrected chi connectivity index (χ3v) is 7.47. The van der Waals surface area contributed by atoms with E-state index in [1.165, 1.54) is 5.57 Å². The molecule has 0 radical (unpaired) electrons. The highest BCUT2D eigenvalue weighted by Crippen LogP contribution is 2.63. The van der Waals surface area contributed by atoms with Crippen LogP contribution in [0.5, 0.6) is 0 Å². The second kappa shape index (κ2) is 4.44. The van der Waals surface area contributed by atoms with Crippen molar-refractivity contribution in [3.05, 3.63) is 36.0 Å². The Labute approximate surface area is 133 Å². The molecule has 2 heteroatoms. The van der Waals surface area contributed by atoms with Gasteiger partial charge >= 0.3 is 0 Å². The zero-order chi connectivity index (χ0) is 15.7. The minimum absolute atomic E-state index is 0.0548. The highest BCUT2D eigenvalue weighted by molar-refractivity contribution is 6.05. The van der Waals surface area contributed by atoms with Crippen molar-refractivity contribution in [3.63, 3.8) is 0 Å². The Morgan fingerprint density at radius 2 is 2.00 bits per heavy atom. The minimum Gasteiger partial charge on any atom is -0.393 e. The largest absolute Gasteiger partial charge is 0.393 e. The van der Waals surface area contributed by atoms with Gasteiger partial charge in [0.15, 0.2) is 5.78 Å². The number of fused-ring (bicyclic) bond motifs is 5. The molecule has 22 heavy (non-hydrogen) atoms.